The molecule has 0 unspecified atom stereocenters. The fourth-order valence-electron chi connectivity index (χ4n) is 1.62. The van der Waals surface area contributed by atoms with Crippen molar-refractivity contribution in [3.05, 3.63) is 65.3 Å². The van der Waals surface area contributed by atoms with Crippen LogP contribution >= 0.6 is 0 Å². The largest absolute Gasteiger partial charge is 0.0906 e. The van der Waals surface area contributed by atoms with Gasteiger partial charge in [0.15, 0.2) is 0 Å². The Bertz CT molecular complexity index is 422. The third-order valence-corrected chi connectivity index (χ3v) is 2.42. The first-order valence-corrected chi connectivity index (χ1v) is 5.59. The molecule has 1 rings (SSSR count). The summed E-state index contributed by atoms with van der Waals surface area (Å²) in [5, 5.41) is 0. The topological polar surface area (TPSA) is 0 Å². The normalized spacial score (nSPS) is 9.50. The number of rotatable bonds is 3. The van der Waals surface area contributed by atoms with Crippen molar-refractivity contribution in [3.63, 3.8) is 0 Å². The van der Waals surface area contributed by atoms with Crippen molar-refractivity contribution in [1.82, 2.24) is 0 Å². The molecule has 0 saturated carbocycles. The van der Waals surface area contributed by atoms with Crippen LogP contribution in [0.15, 0.2) is 59.7 Å². The van der Waals surface area contributed by atoms with Gasteiger partial charge in [-0.05, 0) is 44.4 Å². The highest BCUT2D eigenvalue weighted by molar-refractivity contribution is 5.81. The van der Waals surface area contributed by atoms with Crippen LogP contribution in [0.5, 0.6) is 0 Å². The molecule has 0 N–H and O–H groups in total. The molecule has 1 aromatic rings. The molecule has 0 aromatic heterocycles. The van der Waals surface area contributed by atoms with Crippen molar-refractivity contribution in [2.75, 3.05) is 0 Å². The Morgan fingerprint density at radius 1 is 1.00 bits per heavy atom. The maximum Gasteiger partial charge on any atom is -0.0184 e. The van der Waals surface area contributed by atoms with E-state index >= 15 is 0 Å². The van der Waals surface area contributed by atoms with Crippen molar-refractivity contribution < 1.29 is 0 Å². The SMILES string of the molecule is C=C(C(C=C(C)C)=C(C)C)c1ccccc1. The van der Waals surface area contributed by atoms with E-state index in [9.17, 15) is 0 Å². The maximum atomic E-state index is 4.20. The van der Waals surface area contributed by atoms with E-state index in [1.807, 2.05) is 18.2 Å². The summed E-state index contributed by atoms with van der Waals surface area (Å²) in [5.74, 6) is 0. The fourth-order valence-corrected chi connectivity index (χ4v) is 1.62. The summed E-state index contributed by atoms with van der Waals surface area (Å²) < 4.78 is 0. The Morgan fingerprint density at radius 2 is 1.56 bits per heavy atom. The molecule has 0 heteroatoms. The molecule has 0 bridgehead atoms. The predicted molar refractivity (Wildman–Crippen MR) is 73.3 cm³/mol. The molecule has 0 nitrogen and oxygen atoms in total. The summed E-state index contributed by atoms with van der Waals surface area (Å²) in [6.45, 7) is 12.7. The van der Waals surface area contributed by atoms with Gasteiger partial charge >= 0.3 is 0 Å². The van der Waals surface area contributed by atoms with E-state index in [1.165, 1.54) is 22.3 Å². The monoisotopic (exact) mass is 212 g/mol. The highest BCUT2D eigenvalue weighted by Crippen LogP contribution is 2.25. The number of hydrogen-bond donors (Lipinski definition) is 0. The van der Waals surface area contributed by atoms with Gasteiger partial charge in [-0.2, -0.15) is 0 Å². The summed E-state index contributed by atoms with van der Waals surface area (Å²) in [6, 6.07) is 10.3. The molecule has 0 heterocycles. The summed E-state index contributed by atoms with van der Waals surface area (Å²) in [7, 11) is 0. The molecular formula is C16H20. The first kappa shape index (κ1) is 12.5. The third kappa shape index (κ3) is 3.23. The highest BCUT2D eigenvalue weighted by Gasteiger charge is 2.04. The molecule has 0 spiro atoms. The van der Waals surface area contributed by atoms with E-state index in [1.54, 1.807) is 0 Å². The molecule has 84 valence electrons. The van der Waals surface area contributed by atoms with Crippen molar-refractivity contribution in [3.8, 4) is 0 Å². The molecule has 0 amide bonds. The van der Waals surface area contributed by atoms with Gasteiger partial charge in [0.2, 0.25) is 0 Å². The van der Waals surface area contributed by atoms with Crippen LogP contribution in [0, 0.1) is 0 Å². The van der Waals surface area contributed by atoms with E-state index in [4.69, 9.17) is 0 Å². The van der Waals surface area contributed by atoms with E-state index in [0.29, 0.717) is 0 Å². The molecular weight excluding hydrogens is 192 g/mol. The molecule has 0 radical (unpaired) electrons. The van der Waals surface area contributed by atoms with Crippen LogP contribution in [0.4, 0.5) is 0 Å². The van der Waals surface area contributed by atoms with Crippen LogP contribution in [0.2, 0.25) is 0 Å². The third-order valence-electron chi connectivity index (χ3n) is 2.42. The Labute approximate surface area is 99.0 Å². The van der Waals surface area contributed by atoms with Crippen LogP contribution in [0.1, 0.15) is 33.3 Å². The number of benzene rings is 1. The zero-order valence-electron chi connectivity index (χ0n) is 10.7. The van der Waals surface area contributed by atoms with Gasteiger partial charge in [-0.3, -0.25) is 0 Å². The first-order chi connectivity index (χ1) is 7.52. The predicted octanol–water partition coefficient (Wildman–Crippen LogP) is 5.00. The smallest absolute Gasteiger partial charge is 0.0184 e. The Morgan fingerprint density at radius 3 is 2.00 bits per heavy atom. The van der Waals surface area contributed by atoms with E-state index < -0.39 is 0 Å². The van der Waals surface area contributed by atoms with Crippen molar-refractivity contribution in [2.24, 2.45) is 0 Å². The highest BCUT2D eigenvalue weighted by atomic mass is 14.1. The Kier molecular flexibility index (Phi) is 4.30. The van der Waals surface area contributed by atoms with Gasteiger partial charge in [-0.25, -0.2) is 0 Å². The lowest BCUT2D eigenvalue weighted by Gasteiger charge is -2.10. The molecule has 0 fully saturated rings. The van der Waals surface area contributed by atoms with Gasteiger partial charge in [0, 0.05) is 0 Å². The summed E-state index contributed by atoms with van der Waals surface area (Å²) in [6.07, 6.45) is 2.20. The van der Waals surface area contributed by atoms with Crippen LogP contribution in [-0.2, 0) is 0 Å². The second-order valence-corrected chi connectivity index (χ2v) is 4.48. The second-order valence-electron chi connectivity index (χ2n) is 4.48. The Hall–Kier alpha value is -1.56. The lowest BCUT2D eigenvalue weighted by Crippen LogP contribution is -1.89. The van der Waals surface area contributed by atoms with Crippen LogP contribution < -0.4 is 0 Å². The quantitative estimate of drug-likeness (QED) is 0.618. The van der Waals surface area contributed by atoms with Gasteiger partial charge in [0.1, 0.15) is 0 Å². The summed E-state index contributed by atoms with van der Waals surface area (Å²) in [4.78, 5) is 0. The zero-order valence-corrected chi connectivity index (χ0v) is 10.7. The first-order valence-electron chi connectivity index (χ1n) is 5.59. The minimum absolute atomic E-state index is 1.10. The summed E-state index contributed by atoms with van der Waals surface area (Å²) in [5.41, 5.74) is 6.13. The average Bonchev–Trinajstić information content (AvgIpc) is 2.25. The Balaban J connectivity index is 3.14. The standard InChI is InChI=1S/C16H20/c1-12(2)11-16(13(3)4)14(5)15-9-7-6-8-10-15/h6-11H,5H2,1-4H3. The second kappa shape index (κ2) is 5.50. The minimum Gasteiger partial charge on any atom is -0.0906 e. The van der Waals surface area contributed by atoms with Crippen molar-refractivity contribution >= 4 is 5.57 Å². The van der Waals surface area contributed by atoms with Gasteiger partial charge < -0.3 is 0 Å². The lowest BCUT2D eigenvalue weighted by atomic mass is 9.95. The van der Waals surface area contributed by atoms with Gasteiger partial charge in [0.05, 0.1) is 0 Å². The van der Waals surface area contributed by atoms with Crippen molar-refractivity contribution in [2.45, 2.75) is 27.7 Å². The van der Waals surface area contributed by atoms with Gasteiger partial charge in [0.25, 0.3) is 0 Å². The van der Waals surface area contributed by atoms with Gasteiger partial charge in [-0.1, -0.05) is 54.1 Å². The maximum absolute atomic E-state index is 4.20. The van der Waals surface area contributed by atoms with Crippen molar-refractivity contribution in [1.29, 1.82) is 0 Å². The molecule has 0 aliphatic rings. The van der Waals surface area contributed by atoms with Gasteiger partial charge in [-0.15, -0.1) is 0 Å². The van der Waals surface area contributed by atoms with Crippen LogP contribution in [0.3, 0.4) is 0 Å². The minimum atomic E-state index is 1.10. The number of hydrogen-bond acceptors (Lipinski definition) is 0. The molecule has 0 saturated heterocycles. The van der Waals surface area contributed by atoms with Crippen LogP contribution in [0.25, 0.3) is 5.57 Å². The molecule has 0 aliphatic carbocycles. The lowest BCUT2D eigenvalue weighted by molar-refractivity contribution is 1.31. The molecule has 0 aliphatic heterocycles. The van der Waals surface area contributed by atoms with E-state index in [-0.39, 0.29) is 0 Å². The molecule has 1 aromatic carbocycles. The van der Waals surface area contributed by atoms with E-state index in [2.05, 4.69) is 52.5 Å². The summed E-state index contributed by atoms with van der Waals surface area (Å²) >= 11 is 0. The van der Waals surface area contributed by atoms with Crippen LogP contribution in [-0.4, -0.2) is 0 Å². The fraction of sp³-hybridized carbons (Fsp3) is 0.250. The number of allylic oxidation sites excluding steroid dienone is 5. The van der Waals surface area contributed by atoms with E-state index in [0.717, 1.165) is 5.57 Å². The average molecular weight is 212 g/mol. The molecule has 16 heavy (non-hydrogen) atoms. The zero-order chi connectivity index (χ0) is 12.1. The molecule has 0 atom stereocenters.